The van der Waals surface area contributed by atoms with Gasteiger partial charge in [-0.2, -0.15) is 0 Å². The van der Waals surface area contributed by atoms with Gasteiger partial charge in [0.2, 0.25) is 0 Å². The van der Waals surface area contributed by atoms with E-state index in [1.54, 1.807) is 11.8 Å². The predicted octanol–water partition coefficient (Wildman–Crippen LogP) is 6.32. The Kier molecular flexibility index (Phi) is 5.60. The number of pyridine rings is 1. The van der Waals surface area contributed by atoms with E-state index in [9.17, 15) is 9.90 Å². The van der Waals surface area contributed by atoms with Gasteiger partial charge < -0.3 is 10.4 Å². The maximum Gasteiger partial charge on any atom is 0.255 e. The van der Waals surface area contributed by atoms with E-state index < -0.39 is 0 Å². The van der Waals surface area contributed by atoms with Crippen molar-refractivity contribution in [2.24, 2.45) is 5.41 Å². The molecule has 2 N–H and O–H groups in total. The van der Waals surface area contributed by atoms with Crippen molar-refractivity contribution in [3.05, 3.63) is 106 Å². The third-order valence-corrected chi connectivity index (χ3v) is 9.03. The Bertz CT molecular complexity index is 1360. The molecular weight excluding hydrogens is 444 g/mol. The number of amides is 1. The van der Waals surface area contributed by atoms with Crippen molar-refractivity contribution in [1.29, 1.82) is 0 Å². The molecule has 6 rings (SSSR count). The Hall–Kier alpha value is -3.24. The molecule has 1 heterocycles. The Balaban J connectivity index is 1.42. The molecule has 0 saturated heterocycles. The van der Waals surface area contributed by atoms with Crippen molar-refractivity contribution in [2.75, 3.05) is 5.32 Å². The highest BCUT2D eigenvalue weighted by atomic mass is 16.3. The summed E-state index contributed by atoms with van der Waals surface area (Å²) in [6.45, 7) is 4.27. The van der Waals surface area contributed by atoms with E-state index in [1.165, 1.54) is 22.3 Å². The van der Waals surface area contributed by atoms with Crippen molar-refractivity contribution in [3.63, 3.8) is 0 Å². The summed E-state index contributed by atoms with van der Waals surface area (Å²) in [5.41, 5.74) is 9.38. The Labute approximate surface area is 213 Å². The number of nitrogens with one attached hydrogen (secondary N) is 1. The first-order valence-corrected chi connectivity index (χ1v) is 13.2. The summed E-state index contributed by atoms with van der Waals surface area (Å²) in [5.74, 6) is -0.0923. The molecule has 3 aliphatic rings. The quantitative estimate of drug-likeness (QED) is 0.431. The molecule has 0 unspecified atom stereocenters. The second-order valence-electron chi connectivity index (χ2n) is 11.3. The van der Waals surface area contributed by atoms with Crippen LogP contribution in [0.1, 0.15) is 71.8 Å². The van der Waals surface area contributed by atoms with E-state index in [2.05, 4.69) is 59.7 Å². The second kappa shape index (κ2) is 8.70. The molecule has 0 spiro atoms. The summed E-state index contributed by atoms with van der Waals surface area (Å²) in [4.78, 5) is 17.4. The molecule has 3 aliphatic carbocycles. The molecule has 0 aliphatic heterocycles. The lowest BCUT2D eigenvalue weighted by Gasteiger charge is -2.50. The summed E-state index contributed by atoms with van der Waals surface area (Å²) in [5, 5.41) is 13.7. The van der Waals surface area contributed by atoms with Crippen molar-refractivity contribution >= 4 is 11.6 Å². The minimum absolute atomic E-state index is 0.0667. The molecule has 0 bridgehead atoms. The second-order valence-corrected chi connectivity index (χ2v) is 11.3. The number of aryl methyl sites for hydroxylation is 2. The summed E-state index contributed by atoms with van der Waals surface area (Å²) < 4.78 is 0. The van der Waals surface area contributed by atoms with Crippen molar-refractivity contribution in [3.8, 4) is 0 Å². The monoisotopic (exact) mass is 478 g/mol. The van der Waals surface area contributed by atoms with E-state index in [0.29, 0.717) is 5.56 Å². The number of fused-ring (bicyclic) bond motifs is 4. The molecule has 4 heteroatoms. The highest BCUT2D eigenvalue weighted by molar-refractivity contribution is 6.04. The maximum absolute atomic E-state index is 13.2. The lowest BCUT2D eigenvalue weighted by atomic mass is 9.54. The molecule has 0 radical (unpaired) electrons. The van der Waals surface area contributed by atoms with Gasteiger partial charge in [-0.3, -0.25) is 9.78 Å². The van der Waals surface area contributed by atoms with E-state index in [4.69, 9.17) is 0 Å². The summed E-state index contributed by atoms with van der Waals surface area (Å²) in [7, 11) is 0. The maximum atomic E-state index is 13.2. The fraction of sp³-hybridized carbons (Fsp3) is 0.375. The van der Waals surface area contributed by atoms with E-state index >= 15 is 0 Å². The number of aromatic nitrogens is 1. The first-order chi connectivity index (χ1) is 17.4. The smallest absolute Gasteiger partial charge is 0.255 e. The van der Waals surface area contributed by atoms with E-state index in [-0.39, 0.29) is 22.8 Å². The van der Waals surface area contributed by atoms with Gasteiger partial charge in [0, 0.05) is 17.2 Å². The average Bonchev–Trinajstić information content (AvgIpc) is 3.19. The molecule has 184 valence electrons. The van der Waals surface area contributed by atoms with E-state index in [1.807, 2.05) is 25.1 Å². The molecule has 1 saturated carbocycles. The van der Waals surface area contributed by atoms with Crippen molar-refractivity contribution in [2.45, 2.75) is 70.3 Å². The first kappa shape index (κ1) is 23.2. The minimum atomic E-state index is -0.228. The number of rotatable bonds is 4. The Morgan fingerprint density at radius 2 is 1.89 bits per heavy atom. The lowest BCUT2D eigenvalue weighted by Crippen LogP contribution is -2.42. The first-order valence-electron chi connectivity index (χ1n) is 13.2. The van der Waals surface area contributed by atoms with Crippen LogP contribution in [-0.2, 0) is 18.3 Å². The van der Waals surface area contributed by atoms with E-state index in [0.717, 1.165) is 56.3 Å². The summed E-state index contributed by atoms with van der Waals surface area (Å²) >= 11 is 0. The van der Waals surface area contributed by atoms with Crippen LogP contribution in [0.15, 0.2) is 78.0 Å². The Morgan fingerprint density at radius 3 is 2.69 bits per heavy atom. The molecular formula is C32H34N2O2. The number of benzene rings is 2. The third kappa shape index (κ3) is 3.79. The number of nitrogens with zero attached hydrogens (tertiary/aromatic N) is 1. The van der Waals surface area contributed by atoms with Crippen LogP contribution in [0.2, 0.25) is 0 Å². The van der Waals surface area contributed by atoms with Crippen LogP contribution >= 0.6 is 0 Å². The lowest BCUT2D eigenvalue weighted by molar-refractivity contribution is 0.102. The molecule has 1 amide bonds. The number of aliphatic hydroxyl groups excluding tert-OH is 1. The van der Waals surface area contributed by atoms with Gasteiger partial charge in [0.1, 0.15) is 0 Å². The summed E-state index contributed by atoms with van der Waals surface area (Å²) in [6, 6.07) is 20.9. The normalized spacial score (nSPS) is 26.7. The van der Waals surface area contributed by atoms with Crippen LogP contribution in [0.25, 0.3) is 0 Å². The molecule has 3 aromatic rings. The highest BCUT2D eigenvalue weighted by Gasteiger charge is 2.52. The Morgan fingerprint density at radius 1 is 1.06 bits per heavy atom. The van der Waals surface area contributed by atoms with Gasteiger partial charge in [0.15, 0.2) is 0 Å². The van der Waals surface area contributed by atoms with Gasteiger partial charge >= 0.3 is 0 Å². The molecule has 4 nitrogen and oxygen atoms in total. The predicted molar refractivity (Wildman–Crippen MR) is 143 cm³/mol. The van der Waals surface area contributed by atoms with Crippen molar-refractivity contribution in [1.82, 2.24) is 4.98 Å². The van der Waals surface area contributed by atoms with Gasteiger partial charge in [-0.1, -0.05) is 54.5 Å². The average molecular weight is 479 g/mol. The zero-order valence-electron chi connectivity index (χ0n) is 21.2. The molecule has 3 atom stereocenters. The van der Waals surface area contributed by atoms with Crippen LogP contribution < -0.4 is 5.32 Å². The number of anilines is 1. The van der Waals surface area contributed by atoms with Crippen LogP contribution in [0.4, 0.5) is 5.69 Å². The number of carbonyl (C=O) groups is 1. The zero-order valence-corrected chi connectivity index (χ0v) is 21.2. The van der Waals surface area contributed by atoms with Crippen LogP contribution in [0.3, 0.4) is 0 Å². The van der Waals surface area contributed by atoms with Crippen LogP contribution in [0.5, 0.6) is 0 Å². The van der Waals surface area contributed by atoms with Gasteiger partial charge in [-0.15, -0.1) is 0 Å². The van der Waals surface area contributed by atoms with Gasteiger partial charge in [0.25, 0.3) is 5.91 Å². The summed E-state index contributed by atoms with van der Waals surface area (Å²) in [6.07, 6.45) is 8.28. The van der Waals surface area contributed by atoms with Gasteiger partial charge in [-0.25, -0.2) is 0 Å². The van der Waals surface area contributed by atoms with Crippen molar-refractivity contribution < 1.29 is 9.90 Å². The van der Waals surface area contributed by atoms with Gasteiger partial charge in [-0.05, 0) is 98.2 Å². The van der Waals surface area contributed by atoms with Gasteiger partial charge in [0.05, 0.1) is 17.5 Å². The fourth-order valence-electron chi connectivity index (χ4n) is 7.27. The number of hydrogen-bond donors (Lipinski definition) is 2. The molecule has 1 aromatic heterocycles. The van der Waals surface area contributed by atoms with Crippen LogP contribution in [0, 0.1) is 12.3 Å². The third-order valence-electron chi connectivity index (χ3n) is 9.03. The fourth-order valence-corrected chi connectivity index (χ4v) is 7.27. The number of allylic oxidation sites excluding steroid dienone is 1. The topological polar surface area (TPSA) is 62.2 Å². The molecule has 36 heavy (non-hydrogen) atoms. The standard InChI is InChI=1S/C32H34N2O2/c1-21-29(9-6-16-33-21)34-30(36)24-11-12-26-23(17-24)10-13-27-28-18-25(35)20-31(28,2)14-15-32(26,27)19-22-7-4-3-5-8-22/h3-9,11-12,16-17,25,35H,10,13-15,18-20H2,1-2H3,(H,34,36)/t25-,31-,32+/m0/s1. The highest BCUT2D eigenvalue weighted by Crippen LogP contribution is 2.60. The van der Waals surface area contributed by atoms with Crippen LogP contribution in [-0.4, -0.2) is 22.1 Å². The zero-order chi connectivity index (χ0) is 24.9. The minimum Gasteiger partial charge on any atom is -0.393 e. The number of carbonyl (C=O) groups excluding carboxylic acids is 1. The number of aliphatic hydroxyl groups is 1. The molecule has 1 fully saturated rings. The molecule has 2 aromatic carbocycles. The largest absolute Gasteiger partial charge is 0.393 e. The number of hydrogen-bond acceptors (Lipinski definition) is 3. The SMILES string of the molecule is Cc1ncccc1NC(=O)c1ccc2c(c1)CCC1=C3C[C@H](O)C[C@]3(C)CC[C@]12Cc1ccccc1.